The molecule has 0 saturated carbocycles. The van der Waals surface area contributed by atoms with Crippen molar-refractivity contribution in [1.29, 1.82) is 10.5 Å². The summed E-state index contributed by atoms with van der Waals surface area (Å²) >= 11 is 12.7. The number of nitriles is 2. The van der Waals surface area contributed by atoms with Crippen molar-refractivity contribution in [3.63, 3.8) is 0 Å². The number of hydrogen-bond acceptors (Lipinski definition) is 5. The van der Waals surface area contributed by atoms with E-state index in [2.05, 4.69) is 5.32 Å². The summed E-state index contributed by atoms with van der Waals surface area (Å²) in [5.41, 5.74) is -1.14. The molecular formula is C21H15Cl2N3O3. The summed E-state index contributed by atoms with van der Waals surface area (Å²) in [6.45, 7) is 0. The molecule has 29 heavy (non-hydrogen) atoms. The van der Waals surface area contributed by atoms with E-state index in [0.717, 1.165) is 7.11 Å². The summed E-state index contributed by atoms with van der Waals surface area (Å²) in [6.07, 6.45) is 0. The minimum atomic E-state index is -1.87. The van der Waals surface area contributed by atoms with Crippen molar-refractivity contribution in [2.24, 2.45) is 11.3 Å². The minimum Gasteiger partial charge on any atom is -0.468 e. The first kappa shape index (κ1) is 20.7. The summed E-state index contributed by atoms with van der Waals surface area (Å²) in [7, 11) is 1.14. The Balaban J connectivity index is 2.33. The predicted octanol–water partition coefficient (Wildman–Crippen LogP) is 3.77. The molecule has 2 aromatic carbocycles. The third-order valence-corrected chi connectivity index (χ3v) is 5.82. The average molecular weight is 428 g/mol. The number of amides is 1. The van der Waals surface area contributed by atoms with E-state index in [4.69, 9.17) is 27.9 Å². The second-order valence-corrected chi connectivity index (χ2v) is 7.37. The normalized spacial score (nSPS) is 22.7. The second-order valence-electron chi connectivity index (χ2n) is 6.56. The molecule has 0 aliphatic carbocycles. The molecule has 2 aromatic rings. The zero-order valence-corrected chi connectivity index (χ0v) is 16.7. The first-order valence-corrected chi connectivity index (χ1v) is 9.36. The SMILES string of the molecule is COC(=O)C1C(=O)NC(c2ccccc2Cl)C(C#N)(C#N)C1c1ccccc1Cl. The van der Waals surface area contributed by atoms with Gasteiger partial charge in [-0.2, -0.15) is 10.5 Å². The number of piperidine rings is 1. The van der Waals surface area contributed by atoms with Crippen molar-refractivity contribution in [2.75, 3.05) is 7.11 Å². The molecule has 3 rings (SSSR count). The van der Waals surface area contributed by atoms with E-state index in [9.17, 15) is 20.1 Å². The van der Waals surface area contributed by atoms with Crippen molar-refractivity contribution in [3.8, 4) is 12.1 Å². The van der Waals surface area contributed by atoms with Gasteiger partial charge in [0.15, 0.2) is 5.41 Å². The molecule has 1 heterocycles. The molecule has 3 atom stereocenters. The number of methoxy groups -OCH3 is 1. The van der Waals surface area contributed by atoms with Gasteiger partial charge in [0.1, 0.15) is 5.92 Å². The van der Waals surface area contributed by atoms with Gasteiger partial charge in [0.2, 0.25) is 5.91 Å². The molecule has 1 N–H and O–H groups in total. The second kappa shape index (κ2) is 8.13. The van der Waals surface area contributed by atoms with Gasteiger partial charge in [-0.15, -0.1) is 0 Å². The van der Waals surface area contributed by atoms with E-state index in [0.29, 0.717) is 11.1 Å². The number of carbonyl (C=O) groups is 2. The zero-order valence-electron chi connectivity index (χ0n) is 15.2. The maximum atomic E-state index is 13.0. The molecule has 1 fully saturated rings. The Morgan fingerprint density at radius 1 is 1.03 bits per heavy atom. The number of carbonyl (C=O) groups excluding carboxylic acids is 2. The molecule has 0 radical (unpaired) electrons. The highest BCUT2D eigenvalue weighted by Crippen LogP contribution is 2.54. The number of ether oxygens (including phenoxy) is 1. The van der Waals surface area contributed by atoms with Crippen molar-refractivity contribution < 1.29 is 14.3 Å². The lowest BCUT2D eigenvalue weighted by Gasteiger charge is -2.44. The van der Waals surface area contributed by atoms with Gasteiger partial charge < -0.3 is 10.1 Å². The minimum absolute atomic E-state index is 0.230. The van der Waals surface area contributed by atoms with Crippen molar-refractivity contribution in [3.05, 3.63) is 69.7 Å². The van der Waals surface area contributed by atoms with Gasteiger partial charge in [-0.05, 0) is 23.3 Å². The average Bonchev–Trinajstić information content (AvgIpc) is 2.73. The molecule has 1 amide bonds. The third kappa shape index (κ3) is 3.31. The molecule has 1 saturated heterocycles. The van der Waals surface area contributed by atoms with Crippen LogP contribution in [0.3, 0.4) is 0 Å². The molecule has 6 nitrogen and oxygen atoms in total. The van der Waals surface area contributed by atoms with Crippen LogP contribution in [-0.2, 0) is 14.3 Å². The highest BCUT2D eigenvalue weighted by molar-refractivity contribution is 6.32. The zero-order chi connectivity index (χ0) is 21.2. The number of esters is 1. The molecule has 0 aromatic heterocycles. The van der Waals surface area contributed by atoms with E-state index >= 15 is 0 Å². The van der Waals surface area contributed by atoms with E-state index in [-0.39, 0.29) is 10.0 Å². The van der Waals surface area contributed by atoms with Crippen LogP contribution < -0.4 is 5.32 Å². The first-order valence-electron chi connectivity index (χ1n) is 8.60. The maximum Gasteiger partial charge on any atom is 0.318 e. The summed E-state index contributed by atoms with van der Waals surface area (Å²) in [5.74, 6) is -4.14. The van der Waals surface area contributed by atoms with E-state index in [1.165, 1.54) is 0 Å². The Morgan fingerprint density at radius 3 is 2.03 bits per heavy atom. The van der Waals surface area contributed by atoms with Gasteiger partial charge in [0.25, 0.3) is 0 Å². The van der Waals surface area contributed by atoms with Gasteiger partial charge in [-0.25, -0.2) is 0 Å². The molecule has 1 aliphatic rings. The van der Waals surface area contributed by atoms with Crippen LogP contribution >= 0.6 is 23.2 Å². The Bertz CT molecular complexity index is 1040. The van der Waals surface area contributed by atoms with Crippen LogP contribution in [0.25, 0.3) is 0 Å². The summed E-state index contributed by atoms with van der Waals surface area (Å²) in [4.78, 5) is 25.5. The van der Waals surface area contributed by atoms with E-state index in [1.807, 2.05) is 12.1 Å². The topological polar surface area (TPSA) is 103 Å². The van der Waals surface area contributed by atoms with Gasteiger partial charge in [0.05, 0.1) is 25.3 Å². The fraction of sp³-hybridized carbons (Fsp3) is 0.238. The van der Waals surface area contributed by atoms with Gasteiger partial charge >= 0.3 is 5.97 Å². The molecular weight excluding hydrogens is 413 g/mol. The van der Waals surface area contributed by atoms with Crippen LogP contribution in [0, 0.1) is 34.0 Å². The fourth-order valence-corrected chi connectivity index (χ4v) is 4.29. The van der Waals surface area contributed by atoms with E-state index in [1.54, 1.807) is 48.5 Å². The number of benzene rings is 2. The van der Waals surface area contributed by atoms with E-state index < -0.39 is 35.2 Å². The summed E-state index contributed by atoms with van der Waals surface area (Å²) in [6, 6.07) is 16.1. The summed E-state index contributed by atoms with van der Waals surface area (Å²) < 4.78 is 4.81. The highest BCUT2D eigenvalue weighted by atomic mass is 35.5. The fourth-order valence-electron chi connectivity index (χ4n) is 3.79. The Hall–Kier alpha value is -3.06. The van der Waals surface area contributed by atoms with Crippen LogP contribution in [0.15, 0.2) is 48.5 Å². The number of nitrogens with one attached hydrogen (secondary N) is 1. The Kier molecular flexibility index (Phi) is 5.79. The number of halogens is 2. The molecule has 3 unspecified atom stereocenters. The maximum absolute atomic E-state index is 13.0. The number of rotatable bonds is 3. The van der Waals surface area contributed by atoms with Gasteiger partial charge in [-0.3, -0.25) is 9.59 Å². The van der Waals surface area contributed by atoms with Crippen LogP contribution in [0.4, 0.5) is 0 Å². The third-order valence-electron chi connectivity index (χ3n) is 5.13. The molecule has 1 aliphatic heterocycles. The largest absolute Gasteiger partial charge is 0.468 e. The Labute approximate surface area is 177 Å². The van der Waals surface area contributed by atoms with Gasteiger partial charge in [-0.1, -0.05) is 59.6 Å². The summed E-state index contributed by atoms with van der Waals surface area (Å²) in [5, 5.41) is 23.5. The van der Waals surface area contributed by atoms with Crippen LogP contribution in [0.1, 0.15) is 23.1 Å². The molecule has 146 valence electrons. The number of nitrogens with zero attached hydrogens (tertiary/aromatic N) is 2. The van der Waals surface area contributed by atoms with Crippen LogP contribution in [0.5, 0.6) is 0 Å². The van der Waals surface area contributed by atoms with Crippen molar-refractivity contribution in [1.82, 2.24) is 5.32 Å². The van der Waals surface area contributed by atoms with Gasteiger partial charge in [0, 0.05) is 16.0 Å². The lowest BCUT2D eigenvalue weighted by Crippen LogP contribution is -2.56. The quantitative estimate of drug-likeness (QED) is 0.592. The molecule has 8 heteroatoms. The predicted molar refractivity (Wildman–Crippen MR) is 106 cm³/mol. The van der Waals surface area contributed by atoms with Crippen LogP contribution in [0.2, 0.25) is 10.0 Å². The number of hydrogen-bond donors (Lipinski definition) is 1. The lowest BCUT2D eigenvalue weighted by molar-refractivity contribution is -0.154. The lowest BCUT2D eigenvalue weighted by atomic mass is 9.60. The molecule has 0 spiro atoms. The van der Waals surface area contributed by atoms with Crippen LogP contribution in [-0.4, -0.2) is 19.0 Å². The molecule has 0 bridgehead atoms. The highest BCUT2D eigenvalue weighted by Gasteiger charge is 2.60. The Morgan fingerprint density at radius 2 is 1.55 bits per heavy atom. The first-order chi connectivity index (χ1) is 13.9. The monoisotopic (exact) mass is 427 g/mol. The van der Waals surface area contributed by atoms with Crippen molar-refractivity contribution in [2.45, 2.75) is 12.0 Å². The van der Waals surface area contributed by atoms with Crippen molar-refractivity contribution >= 4 is 35.1 Å². The standard InChI is InChI=1S/C21H15Cl2N3O3/c1-29-20(28)16-17(12-6-2-4-8-14(12)22)21(10-24,11-25)18(26-19(16)27)13-7-3-5-9-15(13)23/h2-9,16-18H,1H3,(H,26,27). The smallest absolute Gasteiger partial charge is 0.318 e.